The van der Waals surface area contributed by atoms with Gasteiger partial charge in [-0.1, -0.05) is 6.07 Å². The average molecular weight is 519 g/mol. The molecule has 3 amide bonds. The molecule has 1 aromatic rings. The molecule has 4 heterocycles. The first-order chi connectivity index (χ1) is 16.3. The summed E-state index contributed by atoms with van der Waals surface area (Å²) in [6.45, 7) is 7.97. The van der Waals surface area contributed by atoms with Crippen LogP contribution in [0.2, 0.25) is 0 Å². The Labute approximate surface area is 207 Å². The Hall–Kier alpha value is -2.34. The molecule has 1 N–H and O–H groups in total. The molecule has 1 aromatic heterocycles. The number of urea groups is 1. The first kappa shape index (κ1) is 27.3. The summed E-state index contributed by atoms with van der Waals surface area (Å²) in [4.78, 5) is 44.6. The molecule has 3 aliphatic rings. The fraction of sp³-hybridized carbons (Fsp3) is 0.696. The van der Waals surface area contributed by atoms with Gasteiger partial charge in [0.1, 0.15) is 0 Å². The first-order valence-corrected chi connectivity index (χ1v) is 12.5. The zero-order valence-electron chi connectivity index (χ0n) is 20.3. The van der Waals surface area contributed by atoms with Crippen LogP contribution in [0.1, 0.15) is 31.1 Å². The van der Waals surface area contributed by atoms with Crippen molar-refractivity contribution < 1.29 is 32.7 Å². The number of carbonyl (C=O) groups is 3. The molecule has 35 heavy (non-hydrogen) atoms. The fourth-order valence-electron chi connectivity index (χ4n) is 5.66. The summed E-state index contributed by atoms with van der Waals surface area (Å²) in [5.74, 6) is -2.47. The Morgan fingerprint density at radius 3 is 2.23 bits per heavy atom. The van der Waals surface area contributed by atoms with Gasteiger partial charge in [-0.25, -0.2) is 9.59 Å². The molecule has 0 aromatic carbocycles. The molecular formula is C23H33F3N4O4S. The lowest BCUT2D eigenvalue weighted by Gasteiger charge is -2.46. The molecular weight excluding hydrogens is 485 g/mol. The van der Waals surface area contributed by atoms with Crippen molar-refractivity contribution in [1.29, 1.82) is 0 Å². The lowest BCUT2D eigenvalue weighted by molar-refractivity contribution is -0.192. The number of aliphatic carboxylic acids is 1. The summed E-state index contributed by atoms with van der Waals surface area (Å²) >= 11 is 1.81. The minimum Gasteiger partial charge on any atom is -0.475 e. The quantitative estimate of drug-likeness (QED) is 0.665. The highest BCUT2D eigenvalue weighted by Crippen LogP contribution is 2.58. The highest BCUT2D eigenvalue weighted by Gasteiger charge is 2.65. The molecule has 0 bridgehead atoms. The van der Waals surface area contributed by atoms with E-state index in [1.54, 1.807) is 19.0 Å². The van der Waals surface area contributed by atoms with Gasteiger partial charge < -0.3 is 19.8 Å². The molecule has 3 aliphatic heterocycles. The molecule has 0 saturated carbocycles. The van der Waals surface area contributed by atoms with Gasteiger partial charge in [-0.15, -0.1) is 11.3 Å². The number of amides is 3. The van der Waals surface area contributed by atoms with Gasteiger partial charge in [-0.2, -0.15) is 13.2 Å². The maximum atomic E-state index is 13.5. The second-order valence-corrected chi connectivity index (χ2v) is 10.7. The first-order valence-electron chi connectivity index (χ1n) is 11.7. The van der Waals surface area contributed by atoms with Crippen LogP contribution >= 0.6 is 11.3 Å². The monoisotopic (exact) mass is 518 g/mol. The van der Waals surface area contributed by atoms with Crippen LogP contribution in [-0.4, -0.2) is 102 Å². The van der Waals surface area contributed by atoms with Crippen LogP contribution in [-0.2, 0) is 16.1 Å². The van der Waals surface area contributed by atoms with Crippen LogP contribution in [0.15, 0.2) is 17.5 Å². The third-order valence-electron chi connectivity index (χ3n) is 7.52. The number of carboxylic acids is 1. The molecule has 0 aliphatic carbocycles. The molecule has 0 radical (unpaired) electrons. The van der Waals surface area contributed by atoms with E-state index in [0.29, 0.717) is 6.54 Å². The van der Waals surface area contributed by atoms with Crippen LogP contribution in [0.3, 0.4) is 0 Å². The van der Waals surface area contributed by atoms with Gasteiger partial charge >= 0.3 is 18.2 Å². The number of piperidine rings is 1. The fourth-order valence-corrected chi connectivity index (χ4v) is 6.41. The number of alkyl halides is 3. The Kier molecular flexibility index (Phi) is 8.05. The van der Waals surface area contributed by atoms with Crippen molar-refractivity contribution in [3.8, 4) is 0 Å². The van der Waals surface area contributed by atoms with Gasteiger partial charge in [-0.05, 0) is 50.7 Å². The largest absolute Gasteiger partial charge is 0.490 e. The Balaban J connectivity index is 0.000000429. The smallest absolute Gasteiger partial charge is 0.475 e. The number of hydrogen-bond donors (Lipinski definition) is 1. The van der Waals surface area contributed by atoms with E-state index in [1.807, 2.05) is 21.1 Å². The lowest BCUT2D eigenvalue weighted by Crippen LogP contribution is -2.52. The Morgan fingerprint density at radius 2 is 1.77 bits per heavy atom. The standard InChI is InChI=1S/C21H32N4O2S.C2HF3O2/c1-4-24-12-9-21(18(24)26)16-25(19(27)22(2)3)15-20(21)7-10-23(11-8-20)14-17-6-5-13-28-17;3-2(4,5)1(6)7/h5-6,13H,4,7-12,14-16H2,1-3H3;(H,6,7). The topological polar surface area (TPSA) is 84.4 Å². The van der Waals surface area contributed by atoms with Gasteiger partial charge in [0.15, 0.2) is 0 Å². The van der Waals surface area contributed by atoms with E-state index in [4.69, 9.17) is 9.90 Å². The molecule has 1 unspecified atom stereocenters. The highest BCUT2D eigenvalue weighted by molar-refractivity contribution is 7.09. The summed E-state index contributed by atoms with van der Waals surface area (Å²) in [6, 6.07) is 4.35. The predicted octanol–water partition coefficient (Wildman–Crippen LogP) is 3.20. The maximum Gasteiger partial charge on any atom is 0.490 e. The van der Waals surface area contributed by atoms with E-state index in [0.717, 1.165) is 58.5 Å². The van der Waals surface area contributed by atoms with Crippen molar-refractivity contribution in [1.82, 2.24) is 19.6 Å². The molecule has 196 valence electrons. The number of fused-ring (bicyclic) bond motifs is 1. The number of carboxylic acid groups (broad SMARTS) is 1. The van der Waals surface area contributed by atoms with Crippen molar-refractivity contribution in [2.24, 2.45) is 10.8 Å². The Morgan fingerprint density at radius 1 is 1.14 bits per heavy atom. The average Bonchev–Trinajstić information content (AvgIpc) is 3.49. The van der Waals surface area contributed by atoms with E-state index >= 15 is 0 Å². The molecule has 2 spiro atoms. The summed E-state index contributed by atoms with van der Waals surface area (Å²) < 4.78 is 31.7. The van der Waals surface area contributed by atoms with Crippen molar-refractivity contribution in [3.05, 3.63) is 22.4 Å². The number of hydrogen-bond acceptors (Lipinski definition) is 5. The molecule has 3 fully saturated rings. The van der Waals surface area contributed by atoms with Gasteiger partial charge in [0, 0.05) is 57.1 Å². The second kappa shape index (κ2) is 10.3. The van der Waals surface area contributed by atoms with Crippen LogP contribution in [0.4, 0.5) is 18.0 Å². The molecule has 12 heteroatoms. The van der Waals surface area contributed by atoms with Gasteiger partial charge in [0.2, 0.25) is 5.91 Å². The highest BCUT2D eigenvalue weighted by atomic mass is 32.1. The Bertz CT molecular complexity index is 916. The predicted molar refractivity (Wildman–Crippen MR) is 125 cm³/mol. The van der Waals surface area contributed by atoms with Crippen molar-refractivity contribution >= 4 is 29.2 Å². The van der Waals surface area contributed by atoms with E-state index < -0.39 is 12.1 Å². The van der Waals surface area contributed by atoms with Crippen LogP contribution in [0.5, 0.6) is 0 Å². The van der Waals surface area contributed by atoms with Crippen molar-refractivity contribution in [3.63, 3.8) is 0 Å². The number of carbonyl (C=O) groups excluding carboxylic acids is 2. The zero-order chi connectivity index (χ0) is 26.0. The third-order valence-corrected chi connectivity index (χ3v) is 8.39. The van der Waals surface area contributed by atoms with E-state index in [2.05, 4.69) is 29.3 Å². The van der Waals surface area contributed by atoms with Crippen molar-refractivity contribution in [2.45, 2.75) is 38.9 Å². The minimum atomic E-state index is -5.08. The summed E-state index contributed by atoms with van der Waals surface area (Å²) in [5.41, 5.74) is -0.463. The van der Waals surface area contributed by atoms with Crippen LogP contribution in [0, 0.1) is 10.8 Å². The van der Waals surface area contributed by atoms with Gasteiger partial charge in [0.05, 0.1) is 5.41 Å². The number of likely N-dealkylation sites (tertiary alicyclic amines) is 3. The number of nitrogens with zero attached hydrogens (tertiary/aromatic N) is 4. The number of rotatable bonds is 3. The summed E-state index contributed by atoms with van der Waals surface area (Å²) in [5, 5.41) is 9.26. The maximum absolute atomic E-state index is 13.5. The summed E-state index contributed by atoms with van der Waals surface area (Å²) in [7, 11) is 3.61. The molecule has 3 saturated heterocycles. The van der Waals surface area contributed by atoms with E-state index in [9.17, 15) is 22.8 Å². The zero-order valence-corrected chi connectivity index (χ0v) is 21.1. The third kappa shape index (κ3) is 5.42. The molecule has 4 rings (SSSR count). The second-order valence-electron chi connectivity index (χ2n) is 9.69. The molecule has 8 nitrogen and oxygen atoms in total. The molecule has 1 atom stereocenters. The minimum absolute atomic E-state index is 0.0417. The van der Waals surface area contributed by atoms with Crippen molar-refractivity contribution in [2.75, 3.05) is 53.4 Å². The van der Waals surface area contributed by atoms with Crippen LogP contribution in [0.25, 0.3) is 0 Å². The van der Waals surface area contributed by atoms with E-state index in [1.165, 1.54) is 4.88 Å². The number of thiophene rings is 1. The summed E-state index contributed by atoms with van der Waals surface area (Å²) in [6.07, 6.45) is -2.19. The van der Waals surface area contributed by atoms with Gasteiger partial charge in [-0.3, -0.25) is 9.69 Å². The van der Waals surface area contributed by atoms with E-state index in [-0.39, 0.29) is 22.8 Å². The SMILES string of the molecule is CCN1CCC2(CN(C(=O)N(C)C)CC23CCN(Cc2cccs2)CC3)C1=O.O=C(O)C(F)(F)F. The lowest BCUT2D eigenvalue weighted by atomic mass is 9.60. The normalized spacial score (nSPS) is 24.1. The van der Waals surface area contributed by atoms with Gasteiger partial charge in [0.25, 0.3) is 0 Å². The number of halogens is 3. The van der Waals surface area contributed by atoms with Crippen LogP contribution < -0.4 is 0 Å².